The zero-order chi connectivity index (χ0) is 13.8. The van der Waals surface area contributed by atoms with Crippen LogP contribution >= 0.6 is 11.6 Å². The lowest BCUT2D eigenvalue weighted by Crippen LogP contribution is -2.01. The molecule has 0 saturated heterocycles. The van der Waals surface area contributed by atoms with Gasteiger partial charge in [-0.15, -0.1) is 0 Å². The highest BCUT2D eigenvalue weighted by Gasteiger charge is 2.08. The fraction of sp³-hybridized carbons (Fsp3) is 0.0667. The quantitative estimate of drug-likeness (QED) is 0.718. The molecule has 0 atom stereocenters. The van der Waals surface area contributed by atoms with Gasteiger partial charge in [0, 0.05) is 18.3 Å². The summed E-state index contributed by atoms with van der Waals surface area (Å²) in [4.78, 5) is 4.04. The fourth-order valence-corrected chi connectivity index (χ4v) is 2.19. The predicted octanol–water partition coefficient (Wildman–Crippen LogP) is 3.74. The molecule has 2 N–H and O–H groups in total. The van der Waals surface area contributed by atoms with E-state index in [0.29, 0.717) is 11.7 Å². The average molecular weight is 285 g/mol. The van der Waals surface area contributed by atoms with Crippen LogP contribution in [0.5, 0.6) is 0 Å². The molecule has 100 valence electrons. The van der Waals surface area contributed by atoms with E-state index in [-0.39, 0.29) is 0 Å². The SMILES string of the molecule is Clc1ncccc1NCc1cn[nH]c1-c1ccccc1. The number of H-pyrrole nitrogens is 1. The Morgan fingerprint density at radius 1 is 1.10 bits per heavy atom. The van der Waals surface area contributed by atoms with Crippen LogP contribution in [0.2, 0.25) is 5.15 Å². The molecule has 20 heavy (non-hydrogen) atoms. The zero-order valence-electron chi connectivity index (χ0n) is 10.7. The van der Waals surface area contributed by atoms with E-state index in [1.54, 1.807) is 6.20 Å². The Kier molecular flexibility index (Phi) is 3.65. The minimum absolute atomic E-state index is 0.470. The van der Waals surface area contributed by atoms with Crippen LogP contribution in [0.15, 0.2) is 54.9 Å². The second-order valence-electron chi connectivity index (χ2n) is 4.33. The summed E-state index contributed by atoms with van der Waals surface area (Å²) < 4.78 is 0. The third-order valence-corrected chi connectivity index (χ3v) is 3.31. The first kappa shape index (κ1) is 12.7. The van der Waals surface area contributed by atoms with E-state index in [0.717, 1.165) is 22.5 Å². The molecular weight excluding hydrogens is 272 g/mol. The average Bonchev–Trinajstić information content (AvgIpc) is 2.96. The van der Waals surface area contributed by atoms with Crippen LogP contribution in [0, 0.1) is 0 Å². The molecular formula is C15H13ClN4. The summed E-state index contributed by atoms with van der Waals surface area (Å²) in [6.45, 7) is 0.631. The number of pyridine rings is 1. The number of aromatic nitrogens is 3. The van der Waals surface area contributed by atoms with Gasteiger partial charge in [-0.25, -0.2) is 4.98 Å². The van der Waals surface area contributed by atoms with Gasteiger partial charge in [0.1, 0.15) is 0 Å². The maximum absolute atomic E-state index is 6.02. The molecule has 1 aromatic carbocycles. The van der Waals surface area contributed by atoms with Crippen molar-refractivity contribution in [3.8, 4) is 11.3 Å². The first-order valence-corrected chi connectivity index (χ1v) is 6.64. The van der Waals surface area contributed by atoms with Gasteiger partial charge < -0.3 is 5.32 Å². The molecule has 0 unspecified atom stereocenters. The van der Waals surface area contributed by atoms with Crippen LogP contribution in [0.25, 0.3) is 11.3 Å². The molecule has 0 fully saturated rings. The molecule has 0 radical (unpaired) electrons. The fourth-order valence-electron chi connectivity index (χ4n) is 2.01. The molecule has 0 aliphatic rings. The van der Waals surface area contributed by atoms with E-state index >= 15 is 0 Å². The molecule has 5 heteroatoms. The molecule has 0 spiro atoms. The largest absolute Gasteiger partial charge is 0.378 e. The minimum Gasteiger partial charge on any atom is -0.378 e. The summed E-state index contributed by atoms with van der Waals surface area (Å²) in [5, 5.41) is 10.9. The van der Waals surface area contributed by atoms with Crippen molar-refractivity contribution in [3.63, 3.8) is 0 Å². The Hall–Kier alpha value is -2.33. The number of nitrogens with zero attached hydrogens (tertiary/aromatic N) is 2. The molecule has 0 bridgehead atoms. The normalized spacial score (nSPS) is 10.4. The molecule has 0 amide bonds. The van der Waals surface area contributed by atoms with Crippen LogP contribution in [0.1, 0.15) is 5.56 Å². The number of anilines is 1. The molecule has 2 heterocycles. The Bertz CT molecular complexity index is 694. The molecule has 0 aliphatic heterocycles. The number of aromatic amines is 1. The van der Waals surface area contributed by atoms with E-state index in [4.69, 9.17) is 11.6 Å². The molecule has 4 nitrogen and oxygen atoms in total. The summed E-state index contributed by atoms with van der Waals surface area (Å²) in [7, 11) is 0. The monoisotopic (exact) mass is 284 g/mol. The highest BCUT2D eigenvalue weighted by atomic mass is 35.5. The van der Waals surface area contributed by atoms with Crippen LogP contribution in [0.3, 0.4) is 0 Å². The lowest BCUT2D eigenvalue weighted by molar-refractivity contribution is 1.10. The minimum atomic E-state index is 0.470. The van der Waals surface area contributed by atoms with Gasteiger partial charge >= 0.3 is 0 Å². The Labute approximate surface area is 121 Å². The maximum atomic E-state index is 6.02. The second-order valence-corrected chi connectivity index (χ2v) is 4.69. The van der Waals surface area contributed by atoms with Crippen LogP contribution < -0.4 is 5.32 Å². The Morgan fingerprint density at radius 2 is 1.95 bits per heavy atom. The topological polar surface area (TPSA) is 53.6 Å². The first-order chi connectivity index (χ1) is 9.84. The zero-order valence-corrected chi connectivity index (χ0v) is 11.4. The van der Waals surface area contributed by atoms with Crippen molar-refractivity contribution in [3.05, 3.63) is 65.6 Å². The van der Waals surface area contributed by atoms with Crippen molar-refractivity contribution in [2.75, 3.05) is 5.32 Å². The van der Waals surface area contributed by atoms with Crippen molar-refractivity contribution in [2.24, 2.45) is 0 Å². The van der Waals surface area contributed by atoms with Crippen LogP contribution in [-0.4, -0.2) is 15.2 Å². The molecule has 0 aliphatic carbocycles. The lowest BCUT2D eigenvalue weighted by atomic mass is 10.1. The van der Waals surface area contributed by atoms with Crippen molar-refractivity contribution in [1.29, 1.82) is 0 Å². The second kappa shape index (κ2) is 5.75. The summed E-state index contributed by atoms with van der Waals surface area (Å²) in [6, 6.07) is 13.9. The molecule has 3 rings (SSSR count). The summed E-state index contributed by atoms with van der Waals surface area (Å²) in [5.41, 5.74) is 4.02. The van der Waals surface area contributed by atoms with Gasteiger partial charge in [-0.1, -0.05) is 41.9 Å². The smallest absolute Gasteiger partial charge is 0.152 e. The van der Waals surface area contributed by atoms with E-state index in [9.17, 15) is 0 Å². The predicted molar refractivity (Wildman–Crippen MR) is 80.6 cm³/mol. The maximum Gasteiger partial charge on any atom is 0.152 e. The van der Waals surface area contributed by atoms with Crippen molar-refractivity contribution in [1.82, 2.24) is 15.2 Å². The van der Waals surface area contributed by atoms with E-state index in [2.05, 4.69) is 20.5 Å². The van der Waals surface area contributed by atoms with Gasteiger partial charge in [0.15, 0.2) is 5.15 Å². The van der Waals surface area contributed by atoms with Gasteiger partial charge in [0.2, 0.25) is 0 Å². The van der Waals surface area contributed by atoms with E-state index in [1.807, 2.05) is 48.7 Å². The standard InChI is InChI=1S/C15H13ClN4/c16-15-13(7-4-8-17-15)18-9-12-10-19-20-14(12)11-5-2-1-3-6-11/h1-8,10,18H,9H2,(H,19,20). The highest BCUT2D eigenvalue weighted by Crippen LogP contribution is 2.23. The number of halogens is 1. The summed E-state index contributed by atoms with van der Waals surface area (Å²) in [6.07, 6.45) is 3.49. The lowest BCUT2D eigenvalue weighted by Gasteiger charge is -2.08. The van der Waals surface area contributed by atoms with Gasteiger partial charge in [-0.05, 0) is 17.7 Å². The third kappa shape index (κ3) is 2.65. The first-order valence-electron chi connectivity index (χ1n) is 6.26. The van der Waals surface area contributed by atoms with Gasteiger partial charge in [0.05, 0.1) is 17.6 Å². The molecule has 2 aromatic heterocycles. The van der Waals surface area contributed by atoms with Crippen molar-refractivity contribution in [2.45, 2.75) is 6.54 Å². The van der Waals surface area contributed by atoms with Gasteiger partial charge in [-0.3, -0.25) is 5.10 Å². The Morgan fingerprint density at radius 3 is 2.75 bits per heavy atom. The Balaban J connectivity index is 1.80. The number of hydrogen-bond acceptors (Lipinski definition) is 3. The van der Waals surface area contributed by atoms with Gasteiger partial charge in [-0.2, -0.15) is 5.10 Å². The van der Waals surface area contributed by atoms with Crippen molar-refractivity contribution >= 4 is 17.3 Å². The third-order valence-electron chi connectivity index (χ3n) is 3.01. The number of rotatable bonds is 4. The molecule has 0 saturated carbocycles. The molecule has 3 aromatic rings. The summed E-state index contributed by atoms with van der Waals surface area (Å²) in [5.74, 6) is 0. The van der Waals surface area contributed by atoms with Gasteiger partial charge in [0.25, 0.3) is 0 Å². The van der Waals surface area contributed by atoms with Crippen LogP contribution in [0.4, 0.5) is 5.69 Å². The highest BCUT2D eigenvalue weighted by molar-refractivity contribution is 6.31. The number of hydrogen-bond donors (Lipinski definition) is 2. The van der Waals surface area contributed by atoms with E-state index < -0.39 is 0 Å². The van der Waals surface area contributed by atoms with Crippen molar-refractivity contribution < 1.29 is 0 Å². The van der Waals surface area contributed by atoms with E-state index in [1.165, 1.54) is 0 Å². The number of benzene rings is 1. The van der Waals surface area contributed by atoms with Crippen LogP contribution in [-0.2, 0) is 6.54 Å². The summed E-state index contributed by atoms with van der Waals surface area (Å²) >= 11 is 6.02. The number of nitrogens with one attached hydrogen (secondary N) is 2.